The first kappa shape index (κ1) is 11.4. The number of carbonyl (C=O) groups is 2. The molecule has 0 bridgehead atoms. The third kappa shape index (κ3) is 1.49. The molecule has 14 heavy (non-hydrogen) atoms. The fourth-order valence-electron chi connectivity index (χ4n) is 1.80. The lowest BCUT2D eigenvalue weighted by Gasteiger charge is -2.37. The van der Waals surface area contributed by atoms with Crippen molar-refractivity contribution in [2.75, 3.05) is 18.6 Å². The smallest absolute Gasteiger partial charge is 0.330 e. The lowest BCUT2D eigenvalue weighted by Crippen LogP contribution is -2.58. The summed E-state index contributed by atoms with van der Waals surface area (Å²) in [7, 11) is 1.57. The predicted octanol–water partition coefficient (Wildman–Crippen LogP) is 0.671. The molecule has 1 heterocycles. The summed E-state index contributed by atoms with van der Waals surface area (Å²) in [6, 6.07) is 0. The van der Waals surface area contributed by atoms with Crippen LogP contribution in [0.15, 0.2) is 0 Å². The Kier molecular flexibility index (Phi) is 3.09. The molecular weight excluding hydrogens is 202 g/mol. The number of amides is 1. The maximum atomic E-state index is 11.3. The van der Waals surface area contributed by atoms with Crippen molar-refractivity contribution >= 4 is 23.6 Å². The van der Waals surface area contributed by atoms with E-state index in [9.17, 15) is 14.7 Å². The highest BCUT2D eigenvalue weighted by atomic mass is 32.2. The third-order valence-corrected chi connectivity index (χ3v) is 4.33. The molecule has 1 amide bonds. The zero-order chi connectivity index (χ0) is 10.9. The lowest BCUT2D eigenvalue weighted by molar-refractivity contribution is -0.157. The number of carbonyl (C=O) groups excluding carboxylic acids is 1. The summed E-state index contributed by atoms with van der Waals surface area (Å²) in [4.78, 5) is 23.9. The Hall–Kier alpha value is -0.710. The summed E-state index contributed by atoms with van der Waals surface area (Å²) < 4.78 is 0. The van der Waals surface area contributed by atoms with Gasteiger partial charge in [-0.1, -0.05) is 6.92 Å². The van der Waals surface area contributed by atoms with Gasteiger partial charge in [0.25, 0.3) is 0 Å². The minimum Gasteiger partial charge on any atom is -0.479 e. The Morgan fingerprint density at radius 2 is 2.14 bits per heavy atom. The second-order valence-electron chi connectivity index (χ2n) is 3.72. The van der Waals surface area contributed by atoms with E-state index in [-0.39, 0.29) is 11.8 Å². The van der Waals surface area contributed by atoms with Crippen LogP contribution in [0.2, 0.25) is 0 Å². The van der Waals surface area contributed by atoms with Gasteiger partial charge in [0, 0.05) is 25.6 Å². The van der Waals surface area contributed by atoms with Crippen molar-refractivity contribution in [3.05, 3.63) is 0 Å². The summed E-state index contributed by atoms with van der Waals surface area (Å²) in [6.07, 6.45) is 0. The summed E-state index contributed by atoms with van der Waals surface area (Å²) in [5.74, 6) is 0.192. The predicted molar refractivity (Wildman–Crippen MR) is 55.3 cm³/mol. The number of thioether (sulfide) groups is 1. The molecule has 80 valence electrons. The van der Waals surface area contributed by atoms with Crippen molar-refractivity contribution in [2.45, 2.75) is 19.4 Å². The Bertz CT molecular complexity index is 269. The first-order chi connectivity index (χ1) is 6.43. The molecule has 5 heteroatoms. The Morgan fingerprint density at radius 3 is 2.43 bits per heavy atom. The minimum absolute atomic E-state index is 0.00102. The van der Waals surface area contributed by atoms with Gasteiger partial charge < -0.3 is 10.0 Å². The highest BCUT2D eigenvalue weighted by Crippen LogP contribution is 2.37. The van der Waals surface area contributed by atoms with E-state index in [0.717, 1.165) is 5.75 Å². The van der Waals surface area contributed by atoms with Gasteiger partial charge in [-0.3, -0.25) is 4.79 Å². The highest BCUT2D eigenvalue weighted by Gasteiger charge is 2.51. The quantitative estimate of drug-likeness (QED) is 0.738. The van der Waals surface area contributed by atoms with Crippen LogP contribution in [0.25, 0.3) is 0 Å². The van der Waals surface area contributed by atoms with Gasteiger partial charge in [-0.2, -0.15) is 11.8 Å². The summed E-state index contributed by atoms with van der Waals surface area (Å²) >= 11 is 1.59. The number of nitrogens with zero attached hydrogens (tertiary/aromatic N) is 1. The van der Waals surface area contributed by atoms with Gasteiger partial charge in [0.05, 0.1) is 0 Å². The van der Waals surface area contributed by atoms with E-state index in [0.29, 0.717) is 5.75 Å². The van der Waals surface area contributed by atoms with Crippen LogP contribution >= 0.6 is 11.8 Å². The van der Waals surface area contributed by atoms with Crippen molar-refractivity contribution in [1.82, 2.24) is 4.90 Å². The van der Waals surface area contributed by atoms with Crippen molar-refractivity contribution in [3.63, 3.8) is 0 Å². The summed E-state index contributed by atoms with van der Waals surface area (Å²) in [5, 5.41) is 9.25. The number of carboxylic acid groups (broad SMARTS) is 1. The van der Waals surface area contributed by atoms with Crippen LogP contribution in [0, 0.1) is 5.92 Å². The van der Waals surface area contributed by atoms with Gasteiger partial charge in [-0.05, 0) is 5.75 Å². The molecular formula is C9H15NO3S. The second kappa shape index (κ2) is 3.81. The van der Waals surface area contributed by atoms with Crippen LogP contribution in [0.3, 0.4) is 0 Å². The molecule has 0 aromatic heterocycles. The van der Waals surface area contributed by atoms with Gasteiger partial charge in [-0.25, -0.2) is 4.79 Å². The molecule has 1 fully saturated rings. The molecule has 0 radical (unpaired) electrons. The fourth-order valence-corrected chi connectivity index (χ4v) is 3.46. The van der Waals surface area contributed by atoms with E-state index in [1.165, 1.54) is 11.8 Å². The van der Waals surface area contributed by atoms with Crippen molar-refractivity contribution < 1.29 is 14.7 Å². The largest absolute Gasteiger partial charge is 0.479 e. The first-order valence-electron chi connectivity index (χ1n) is 4.48. The van der Waals surface area contributed by atoms with Crippen LogP contribution in [0.4, 0.5) is 0 Å². The standard InChI is InChI=1S/C9H15NO3S/c1-6-4-14-5-9(6,8(12)13)10(3)7(2)11/h6H,4-5H2,1-3H3,(H,12,13). The minimum atomic E-state index is -1.00. The topological polar surface area (TPSA) is 57.6 Å². The van der Waals surface area contributed by atoms with Crippen molar-refractivity contribution in [2.24, 2.45) is 5.92 Å². The fraction of sp³-hybridized carbons (Fsp3) is 0.778. The molecule has 1 N–H and O–H groups in total. The molecule has 0 spiro atoms. The zero-order valence-corrected chi connectivity index (χ0v) is 9.43. The average molecular weight is 217 g/mol. The number of carboxylic acids is 1. The molecule has 0 aromatic carbocycles. The molecule has 0 aliphatic carbocycles. The van der Waals surface area contributed by atoms with Gasteiger partial charge in [0.1, 0.15) is 0 Å². The monoisotopic (exact) mass is 217 g/mol. The number of aliphatic carboxylic acids is 1. The number of hydrogen-bond donors (Lipinski definition) is 1. The van der Waals surface area contributed by atoms with Crippen molar-refractivity contribution in [3.8, 4) is 0 Å². The number of hydrogen-bond acceptors (Lipinski definition) is 3. The van der Waals surface area contributed by atoms with E-state index < -0.39 is 11.5 Å². The Morgan fingerprint density at radius 1 is 1.57 bits per heavy atom. The summed E-state index contributed by atoms with van der Waals surface area (Å²) in [5.41, 5.74) is -1.00. The Labute approximate surface area is 87.7 Å². The van der Waals surface area contributed by atoms with E-state index in [1.54, 1.807) is 18.8 Å². The van der Waals surface area contributed by atoms with E-state index in [4.69, 9.17) is 0 Å². The van der Waals surface area contributed by atoms with E-state index in [1.807, 2.05) is 6.92 Å². The van der Waals surface area contributed by atoms with E-state index in [2.05, 4.69) is 0 Å². The number of likely N-dealkylation sites (N-methyl/N-ethyl adjacent to an activating group) is 1. The first-order valence-corrected chi connectivity index (χ1v) is 5.64. The van der Waals surface area contributed by atoms with Gasteiger partial charge in [-0.15, -0.1) is 0 Å². The van der Waals surface area contributed by atoms with Crippen LogP contribution in [0.1, 0.15) is 13.8 Å². The normalized spacial score (nSPS) is 31.5. The molecule has 1 rings (SSSR count). The van der Waals surface area contributed by atoms with Crippen LogP contribution in [0.5, 0.6) is 0 Å². The molecule has 2 atom stereocenters. The molecule has 0 saturated carbocycles. The molecule has 1 saturated heterocycles. The van der Waals surface area contributed by atoms with Crippen molar-refractivity contribution in [1.29, 1.82) is 0 Å². The van der Waals surface area contributed by atoms with Crippen LogP contribution in [-0.2, 0) is 9.59 Å². The molecule has 2 unspecified atom stereocenters. The molecule has 0 aromatic rings. The van der Waals surface area contributed by atoms with Crippen LogP contribution < -0.4 is 0 Å². The molecule has 1 aliphatic heterocycles. The Balaban J connectivity index is 3.04. The zero-order valence-electron chi connectivity index (χ0n) is 8.61. The molecule has 1 aliphatic rings. The third-order valence-electron chi connectivity index (χ3n) is 2.95. The van der Waals surface area contributed by atoms with Gasteiger partial charge >= 0.3 is 5.97 Å². The molecule has 4 nitrogen and oxygen atoms in total. The SMILES string of the molecule is CC(=O)N(C)C1(C(=O)O)CSCC1C. The van der Waals surface area contributed by atoms with Gasteiger partial charge in [0.2, 0.25) is 5.91 Å². The maximum Gasteiger partial charge on any atom is 0.330 e. The average Bonchev–Trinajstić information content (AvgIpc) is 2.46. The van der Waals surface area contributed by atoms with E-state index >= 15 is 0 Å². The number of rotatable bonds is 2. The maximum absolute atomic E-state index is 11.3. The second-order valence-corrected chi connectivity index (χ2v) is 4.75. The highest BCUT2D eigenvalue weighted by molar-refractivity contribution is 7.99. The summed E-state index contributed by atoms with van der Waals surface area (Å²) in [6.45, 7) is 3.29. The van der Waals surface area contributed by atoms with Crippen LogP contribution in [-0.4, -0.2) is 46.0 Å². The lowest BCUT2D eigenvalue weighted by atomic mass is 9.87. The van der Waals surface area contributed by atoms with Gasteiger partial charge in [0.15, 0.2) is 5.54 Å².